The van der Waals surface area contributed by atoms with Crippen molar-refractivity contribution >= 4 is 17.5 Å². The minimum Gasteiger partial charge on any atom is -0.490 e. The van der Waals surface area contributed by atoms with Crippen LogP contribution in [-0.2, 0) is 4.79 Å². The van der Waals surface area contributed by atoms with Crippen molar-refractivity contribution in [3.05, 3.63) is 53.1 Å². The molecule has 0 aliphatic carbocycles. The van der Waals surface area contributed by atoms with Gasteiger partial charge in [-0.15, -0.1) is 0 Å². The van der Waals surface area contributed by atoms with Gasteiger partial charge < -0.3 is 19.7 Å². The molecule has 0 radical (unpaired) electrons. The fraction of sp³-hybridized carbons (Fsp3) is 0.417. The van der Waals surface area contributed by atoms with Gasteiger partial charge in [-0.3, -0.25) is 9.59 Å². The Hall–Kier alpha value is -3.02. The predicted octanol–water partition coefficient (Wildman–Crippen LogP) is 4.59. The lowest BCUT2D eigenvalue weighted by Crippen LogP contribution is -2.35. The zero-order chi connectivity index (χ0) is 22.1. The summed E-state index contributed by atoms with van der Waals surface area (Å²) in [4.78, 5) is 26.7. The van der Waals surface area contributed by atoms with Gasteiger partial charge in [0.1, 0.15) is 0 Å². The number of anilines is 1. The Kier molecular flexibility index (Phi) is 8.71. The van der Waals surface area contributed by atoms with Gasteiger partial charge in [0, 0.05) is 18.3 Å². The molecule has 2 aromatic rings. The third kappa shape index (κ3) is 6.51. The number of ether oxygens (including phenoxy) is 2. The number of carbonyl (C=O) groups excluding carboxylic acids is 2. The van der Waals surface area contributed by atoms with Crippen molar-refractivity contribution in [2.24, 2.45) is 0 Å². The Morgan fingerprint density at radius 2 is 1.77 bits per heavy atom. The third-order valence-electron chi connectivity index (χ3n) is 4.64. The van der Waals surface area contributed by atoms with E-state index in [-0.39, 0.29) is 18.4 Å². The number of likely N-dealkylation sites (N-methyl/N-ethyl adjacent to an activating group) is 1. The SMILES string of the molecule is CCCCOc1ccc(C(=O)N(C)CC(=O)Nc2cc(C)ccc2C)cc1OCC. The molecule has 0 bridgehead atoms. The second kappa shape index (κ2) is 11.2. The Bertz CT molecular complexity index is 880. The molecule has 6 heteroatoms. The van der Waals surface area contributed by atoms with Gasteiger partial charge in [0.05, 0.1) is 19.8 Å². The molecule has 0 unspecified atom stereocenters. The zero-order valence-electron chi connectivity index (χ0n) is 18.6. The quantitative estimate of drug-likeness (QED) is 0.580. The molecule has 0 aliphatic rings. The Labute approximate surface area is 179 Å². The van der Waals surface area contributed by atoms with Gasteiger partial charge in [0.25, 0.3) is 5.91 Å². The molecule has 0 saturated heterocycles. The summed E-state index contributed by atoms with van der Waals surface area (Å²) in [5, 5.41) is 2.88. The van der Waals surface area contributed by atoms with Crippen LogP contribution in [0.4, 0.5) is 5.69 Å². The number of amides is 2. The molecule has 2 aromatic carbocycles. The van der Waals surface area contributed by atoms with Gasteiger partial charge in [0.2, 0.25) is 5.91 Å². The van der Waals surface area contributed by atoms with Crippen molar-refractivity contribution in [3.63, 3.8) is 0 Å². The van der Waals surface area contributed by atoms with Gasteiger partial charge in [0.15, 0.2) is 11.5 Å². The van der Waals surface area contributed by atoms with Crippen molar-refractivity contribution in [3.8, 4) is 11.5 Å². The van der Waals surface area contributed by atoms with Crippen LogP contribution >= 0.6 is 0 Å². The van der Waals surface area contributed by atoms with E-state index in [1.165, 1.54) is 4.90 Å². The Balaban J connectivity index is 2.06. The lowest BCUT2D eigenvalue weighted by Gasteiger charge is -2.19. The van der Waals surface area contributed by atoms with E-state index in [1.54, 1.807) is 25.2 Å². The summed E-state index contributed by atoms with van der Waals surface area (Å²) in [6, 6.07) is 11.0. The normalized spacial score (nSPS) is 10.4. The van der Waals surface area contributed by atoms with Crippen LogP contribution in [0.3, 0.4) is 0 Å². The number of nitrogens with zero attached hydrogens (tertiary/aromatic N) is 1. The van der Waals surface area contributed by atoms with Crippen molar-refractivity contribution in [1.29, 1.82) is 0 Å². The maximum Gasteiger partial charge on any atom is 0.254 e. The molecule has 0 aliphatic heterocycles. The predicted molar refractivity (Wildman–Crippen MR) is 120 cm³/mol. The van der Waals surface area contributed by atoms with Gasteiger partial charge in [-0.25, -0.2) is 0 Å². The standard InChI is InChI=1S/C24H32N2O4/c1-6-8-13-30-21-12-11-19(15-22(21)29-7-2)24(28)26(5)16-23(27)25-20-14-17(3)9-10-18(20)4/h9-12,14-15H,6-8,13,16H2,1-5H3,(H,25,27). The number of aryl methyl sites for hydroxylation is 2. The molecule has 0 atom stereocenters. The van der Waals surface area contributed by atoms with Crippen LogP contribution in [-0.4, -0.2) is 43.5 Å². The molecular formula is C24H32N2O4. The second-order valence-corrected chi connectivity index (χ2v) is 7.32. The number of hydrogen-bond donors (Lipinski definition) is 1. The third-order valence-corrected chi connectivity index (χ3v) is 4.64. The topological polar surface area (TPSA) is 67.9 Å². The molecule has 0 saturated carbocycles. The Morgan fingerprint density at radius 3 is 2.47 bits per heavy atom. The first-order valence-electron chi connectivity index (χ1n) is 10.4. The highest BCUT2D eigenvalue weighted by Gasteiger charge is 2.18. The fourth-order valence-electron chi connectivity index (χ4n) is 2.92. The maximum atomic E-state index is 12.8. The minimum absolute atomic E-state index is 0.0507. The average Bonchev–Trinajstić information content (AvgIpc) is 2.71. The number of unbranched alkanes of at least 4 members (excludes halogenated alkanes) is 1. The van der Waals surface area contributed by atoms with Crippen molar-refractivity contribution in [2.45, 2.75) is 40.5 Å². The summed E-state index contributed by atoms with van der Waals surface area (Å²) in [5.41, 5.74) is 3.24. The summed E-state index contributed by atoms with van der Waals surface area (Å²) in [5.74, 6) is 0.654. The number of hydrogen-bond acceptors (Lipinski definition) is 4. The number of carbonyl (C=O) groups is 2. The first-order chi connectivity index (χ1) is 14.3. The molecule has 30 heavy (non-hydrogen) atoms. The highest BCUT2D eigenvalue weighted by molar-refractivity contribution is 5.99. The molecule has 162 valence electrons. The van der Waals surface area contributed by atoms with Crippen molar-refractivity contribution in [2.75, 3.05) is 32.1 Å². The second-order valence-electron chi connectivity index (χ2n) is 7.32. The number of nitrogens with one attached hydrogen (secondary N) is 1. The van der Waals surface area contributed by atoms with Crippen LogP contribution in [0, 0.1) is 13.8 Å². The van der Waals surface area contributed by atoms with E-state index in [4.69, 9.17) is 9.47 Å². The average molecular weight is 413 g/mol. The molecular weight excluding hydrogens is 380 g/mol. The Morgan fingerprint density at radius 1 is 1.00 bits per heavy atom. The van der Waals surface area contributed by atoms with E-state index in [0.29, 0.717) is 30.3 Å². The molecule has 0 aromatic heterocycles. The largest absolute Gasteiger partial charge is 0.490 e. The minimum atomic E-state index is -0.257. The van der Waals surface area contributed by atoms with E-state index in [9.17, 15) is 9.59 Å². The summed E-state index contributed by atoms with van der Waals surface area (Å²) in [7, 11) is 1.61. The first kappa shape index (κ1) is 23.3. The smallest absolute Gasteiger partial charge is 0.254 e. The molecule has 1 N–H and O–H groups in total. The van der Waals surface area contributed by atoms with Gasteiger partial charge in [-0.05, 0) is 62.6 Å². The highest BCUT2D eigenvalue weighted by atomic mass is 16.5. The first-order valence-corrected chi connectivity index (χ1v) is 10.4. The monoisotopic (exact) mass is 412 g/mol. The number of rotatable bonds is 10. The van der Waals surface area contributed by atoms with Gasteiger partial charge in [-0.1, -0.05) is 25.5 Å². The molecule has 2 rings (SSSR count). The van der Waals surface area contributed by atoms with E-state index in [2.05, 4.69) is 12.2 Å². The van der Waals surface area contributed by atoms with Crippen LogP contribution in [0.2, 0.25) is 0 Å². The lowest BCUT2D eigenvalue weighted by atomic mass is 10.1. The van der Waals surface area contributed by atoms with E-state index in [0.717, 1.165) is 29.7 Å². The van der Waals surface area contributed by atoms with Gasteiger partial charge >= 0.3 is 0 Å². The molecule has 0 heterocycles. The summed E-state index contributed by atoms with van der Waals surface area (Å²) >= 11 is 0. The van der Waals surface area contributed by atoms with E-state index in [1.807, 2.05) is 39.0 Å². The van der Waals surface area contributed by atoms with Gasteiger partial charge in [-0.2, -0.15) is 0 Å². The van der Waals surface area contributed by atoms with Crippen molar-refractivity contribution < 1.29 is 19.1 Å². The van der Waals surface area contributed by atoms with Crippen molar-refractivity contribution in [1.82, 2.24) is 4.90 Å². The lowest BCUT2D eigenvalue weighted by molar-refractivity contribution is -0.116. The van der Waals surface area contributed by atoms with Crippen LogP contribution in [0.5, 0.6) is 11.5 Å². The van der Waals surface area contributed by atoms with Crippen LogP contribution < -0.4 is 14.8 Å². The van der Waals surface area contributed by atoms with E-state index >= 15 is 0 Å². The molecule has 0 fully saturated rings. The molecule has 0 spiro atoms. The highest BCUT2D eigenvalue weighted by Crippen LogP contribution is 2.29. The fourth-order valence-corrected chi connectivity index (χ4v) is 2.92. The zero-order valence-corrected chi connectivity index (χ0v) is 18.6. The number of benzene rings is 2. The molecule has 6 nitrogen and oxygen atoms in total. The van der Waals surface area contributed by atoms with Crippen LogP contribution in [0.25, 0.3) is 0 Å². The van der Waals surface area contributed by atoms with Crippen LogP contribution in [0.1, 0.15) is 48.2 Å². The van der Waals surface area contributed by atoms with Crippen LogP contribution in [0.15, 0.2) is 36.4 Å². The molecule has 2 amide bonds. The van der Waals surface area contributed by atoms with E-state index < -0.39 is 0 Å². The maximum absolute atomic E-state index is 12.8. The summed E-state index contributed by atoms with van der Waals surface area (Å²) < 4.78 is 11.4. The summed E-state index contributed by atoms with van der Waals surface area (Å²) in [6.45, 7) is 8.90. The summed E-state index contributed by atoms with van der Waals surface area (Å²) in [6.07, 6.45) is 1.99.